The van der Waals surface area contributed by atoms with Gasteiger partial charge in [-0.3, -0.25) is 4.79 Å². The highest BCUT2D eigenvalue weighted by Gasteiger charge is 2.14. The van der Waals surface area contributed by atoms with Crippen LogP contribution < -0.4 is 5.32 Å². The van der Waals surface area contributed by atoms with Crippen LogP contribution in [0.25, 0.3) is 17.0 Å². The van der Waals surface area contributed by atoms with E-state index in [9.17, 15) is 10.1 Å². The number of benzene rings is 3. The molecule has 1 aromatic heterocycles. The molecule has 158 valence electrons. The lowest BCUT2D eigenvalue weighted by Gasteiger charge is -2.08. The highest BCUT2D eigenvalue weighted by molar-refractivity contribution is 6.31. The van der Waals surface area contributed by atoms with Gasteiger partial charge < -0.3 is 9.88 Å². The number of aryl methyl sites for hydroxylation is 1. The molecule has 0 atom stereocenters. The second-order valence-corrected chi connectivity index (χ2v) is 8.25. The maximum Gasteiger partial charge on any atom is 0.266 e. The number of halogens is 2. The van der Waals surface area contributed by atoms with Crippen molar-refractivity contribution >= 4 is 51.8 Å². The van der Waals surface area contributed by atoms with Crippen molar-refractivity contribution < 1.29 is 4.79 Å². The van der Waals surface area contributed by atoms with Crippen molar-refractivity contribution in [3.63, 3.8) is 0 Å². The summed E-state index contributed by atoms with van der Waals surface area (Å²) in [5.41, 5.74) is 4.19. The SMILES string of the molecule is Cc1ccc(Cl)cc1NC(=O)/C(C#N)=C/c1cn(Cc2ccccc2Cl)c2ccccc12. The van der Waals surface area contributed by atoms with Gasteiger partial charge >= 0.3 is 0 Å². The van der Waals surface area contributed by atoms with Crippen LogP contribution in [0, 0.1) is 18.3 Å². The van der Waals surface area contributed by atoms with Crippen LogP contribution in [0.3, 0.4) is 0 Å². The van der Waals surface area contributed by atoms with E-state index < -0.39 is 5.91 Å². The molecule has 0 aliphatic carbocycles. The molecule has 0 radical (unpaired) electrons. The maximum absolute atomic E-state index is 12.8. The molecular weight excluding hydrogens is 441 g/mol. The fourth-order valence-electron chi connectivity index (χ4n) is 3.55. The van der Waals surface area contributed by atoms with Crippen molar-refractivity contribution in [1.29, 1.82) is 5.26 Å². The number of nitrogens with zero attached hydrogens (tertiary/aromatic N) is 2. The molecule has 0 saturated heterocycles. The number of fused-ring (bicyclic) bond motifs is 1. The van der Waals surface area contributed by atoms with E-state index in [1.807, 2.05) is 73.8 Å². The Balaban J connectivity index is 1.70. The lowest BCUT2D eigenvalue weighted by Crippen LogP contribution is -2.14. The molecule has 0 aliphatic rings. The molecule has 3 aromatic carbocycles. The molecule has 1 amide bonds. The quantitative estimate of drug-likeness (QED) is 0.262. The molecule has 6 heteroatoms. The van der Waals surface area contributed by atoms with Gasteiger partial charge in [0.25, 0.3) is 5.91 Å². The molecule has 0 fully saturated rings. The largest absolute Gasteiger partial charge is 0.342 e. The topological polar surface area (TPSA) is 57.8 Å². The Morgan fingerprint density at radius 3 is 2.62 bits per heavy atom. The fraction of sp³-hybridized carbons (Fsp3) is 0.0769. The summed E-state index contributed by atoms with van der Waals surface area (Å²) in [5, 5.41) is 14.6. The first kappa shape index (κ1) is 21.7. The Kier molecular flexibility index (Phi) is 6.32. The highest BCUT2D eigenvalue weighted by Crippen LogP contribution is 2.27. The molecule has 0 spiro atoms. The van der Waals surface area contributed by atoms with Gasteiger partial charge in [0, 0.05) is 44.9 Å². The summed E-state index contributed by atoms with van der Waals surface area (Å²) >= 11 is 12.4. The van der Waals surface area contributed by atoms with E-state index in [-0.39, 0.29) is 5.57 Å². The van der Waals surface area contributed by atoms with Crippen LogP contribution in [0.1, 0.15) is 16.7 Å². The number of aromatic nitrogens is 1. The smallest absolute Gasteiger partial charge is 0.266 e. The highest BCUT2D eigenvalue weighted by atomic mass is 35.5. The molecule has 4 rings (SSSR count). The second-order valence-electron chi connectivity index (χ2n) is 7.40. The van der Waals surface area contributed by atoms with Crippen LogP contribution in [0.4, 0.5) is 5.69 Å². The van der Waals surface area contributed by atoms with E-state index >= 15 is 0 Å². The molecule has 0 unspecified atom stereocenters. The van der Waals surface area contributed by atoms with Crippen molar-refractivity contribution in [2.24, 2.45) is 0 Å². The van der Waals surface area contributed by atoms with E-state index in [1.54, 1.807) is 18.2 Å². The van der Waals surface area contributed by atoms with E-state index in [1.165, 1.54) is 0 Å². The summed E-state index contributed by atoms with van der Waals surface area (Å²) in [6, 6.07) is 22.8. The third-order valence-corrected chi connectivity index (χ3v) is 5.83. The number of nitrogens with one attached hydrogen (secondary N) is 1. The van der Waals surface area contributed by atoms with E-state index in [4.69, 9.17) is 23.2 Å². The van der Waals surface area contributed by atoms with Gasteiger partial charge in [-0.2, -0.15) is 5.26 Å². The third-order valence-electron chi connectivity index (χ3n) is 5.23. The molecule has 0 saturated carbocycles. The Labute approximate surface area is 196 Å². The van der Waals surface area contributed by atoms with Gasteiger partial charge in [0.2, 0.25) is 0 Å². The normalized spacial score (nSPS) is 11.4. The molecule has 4 aromatic rings. The molecule has 1 N–H and O–H groups in total. The number of carbonyl (C=O) groups excluding carboxylic acids is 1. The Morgan fingerprint density at radius 1 is 1.09 bits per heavy atom. The predicted molar refractivity (Wildman–Crippen MR) is 131 cm³/mol. The standard InChI is InChI=1S/C26H19Cl2N3O/c1-17-10-11-21(27)13-24(17)30-26(32)19(14-29)12-20-16-31(25-9-5-3-7-22(20)25)15-18-6-2-4-8-23(18)28/h2-13,16H,15H2,1H3,(H,30,32)/b19-12+. The first-order chi connectivity index (χ1) is 15.5. The van der Waals surface area contributed by atoms with Crippen molar-refractivity contribution in [2.45, 2.75) is 13.5 Å². The summed E-state index contributed by atoms with van der Waals surface area (Å²) in [4.78, 5) is 12.8. The van der Waals surface area contributed by atoms with Gasteiger partial charge in [0.1, 0.15) is 11.6 Å². The molecule has 0 aliphatic heterocycles. The van der Waals surface area contributed by atoms with Gasteiger partial charge in [-0.1, -0.05) is 65.7 Å². The van der Waals surface area contributed by atoms with Crippen molar-refractivity contribution in [3.8, 4) is 6.07 Å². The summed E-state index contributed by atoms with van der Waals surface area (Å²) < 4.78 is 2.07. The number of rotatable bonds is 5. The van der Waals surface area contributed by atoms with Gasteiger partial charge in [-0.15, -0.1) is 0 Å². The predicted octanol–water partition coefficient (Wildman–Crippen LogP) is 6.85. The number of para-hydroxylation sites is 1. The summed E-state index contributed by atoms with van der Waals surface area (Å²) in [6.45, 7) is 2.44. The molecule has 32 heavy (non-hydrogen) atoms. The first-order valence-electron chi connectivity index (χ1n) is 9.97. The van der Waals surface area contributed by atoms with Crippen LogP contribution in [0.15, 0.2) is 78.5 Å². The number of hydrogen-bond acceptors (Lipinski definition) is 2. The van der Waals surface area contributed by atoms with Gasteiger partial charge in [0.05, 0.1) is 0 Å². The summed E-state index contributed by atoms with van der Waals surface area (Å²) in [7, 11) is 0. The first-order valence-corrected chi connectivity index (χ1v) is 10.7. The number of carbonyl (C=O) groups is 1. The van der Waals surface area contributed by atoms with Crippen LogP contribution >= 0.6 is 23.2 Å². The molecule has 0 bridgehead atoms. The number of nitriles is 1. The van der Waals surface area contributed by atoms with Crippen LogP contribution in [-0.4, -0.2) is 10.5 Å². The lowest BCUT2D eigenvalue weighted by molar-refractivity contribution is -0.112. The monoisotopic (exact) mass is 459 g/mol. The van der Waals surface area contributed by atoms with Crippen molar-refractivity contribution in [3.05, 3.63) is 105 Å². The maximum atomic E-state index is 12.8. The minimum Gasteiger partial charge on any atom is -0.342 e. The minimum absolute atomic E-state index is 0.00465. The second kappa shape index (κ2) is 9.32. The Morgan fingerprint density at radius 2 is 1.84 bits per heavy atom. The van der Waals surface area contributed by atoms with Crippen molar-refractivity contribution in [1.82, 2.24) is 4.57 Å². The molecule has 1 heterocycles. The zero-order chi connectivity index (χ0) is 22.7. The molecular formula is C26H19Cl2N3O. The number of anilines is 1. The third kappa shape index (κ3) is 4.55. The number of hydrogen-bond donors (Lipinski definition) is 1. The van der Waals surface area contributed by atoms with Gasteiger partial charge in [-0.05, 0) is 48.4 Å². The van der Waals surface area contributed by atoms with Crippen molar-refractivity contribution in [2.75, 3.05) is 5.32 Å². The van der Waals surface area contributed by atoms with Gasteiger partial charge in [0.15, 0.2) is 0 Å². The summed E-state index contributed by atoms with van der Waals surface area (Å²) in [6.07, 6.45) is 3.55. The van der Waals surface area contributed by atoms with Crippen LogP contribution in [0.2, 0.25) is 10.0 Å². The van der Waals surface area contributed by atoms with E-state index in [2.05, 4.69) is 9.88 Å². The molecule has 4 nitrogen and oxygen atoms in total. The zero-order valence-electron chi connectivity index (χ0n) is 17.3. The lowest BCUT2D eigenvalue weighted by atomic mass is 10.1. The average molecular weight is 460 g/mol. The zero-order valence-corrected chi connectivity index (χ0v) is 18.8. The fourth-order valence-corrected chi connectivity index (χ4v) is 3.92. The Hall–Kier alpha value is -3.52. The van der Waals surface area contributed by atoms with Gasteiger partial charge in [-0.25, -0.2) is 0 Å². The number of amides is 1. The van der Waals surface area contributed by atoms with Crippen LogP contribution in [0.5, 0.6) is 0 Å². The minimum atomic E-state index is -0.485. The van der Waals surface area contributed by atoms with E-state index in [0.717, 1.165) is 27.6 Å². The Bertz CT molecular complexity index is 1400. The van der Waals surface area contributed by atoms with E-state index in [0.29, 0.717) is 22.3 Å². The average Bonchev–Trinajstić information content (AvgIpc) is 3.13. The van der Waals surface area contributed by atoms with Crippen LogP contribution in [-0.2, 0) is 11.3 Å². The summed E-state index contributed by atoms with van der Waals surface area (Å²) in [5.74, 6) is -0.485.